The van der Waals surface area contributed by atoms with Gasteiger partial charge in [0, 0.05) is 23.6 Å². The van der Waals surface area contributed by atoms with Crippen molar-refractivity contribution in [1.82, 2.24) is 10.2 Å². The minimum Gasteiger partial charge on any atom is -0.318 e. The second-order valence-corrected chi connectivity index (χ2v) is 4.77. The van der Waals surface area contributed by atoms with Crippen LogP contribution in [-0.4, -0.2) is 31.6 Å². The monoisotopic (exact) mass is 270 g/mol. The molecule has 0 radical (unpaired) electrons. The molecule has 3 heteroatoms. The Bertz CT molecular complexity index is 301. The predicted molar refractivity (Wildman–Crippen MR) is 69.0 cm³/mol. The molecule has 0 aliphatic rings. The Morgan fingerprint density at radius 3 is 2.67 bits per heavy atom. The molecule has 0 aliphatic heterocycles. The van der Waals surface area contributed by atoms with Gasteiger partial charge in [-0.05, 0) is 32.6 Å². The van der Waals surface area contributed by atoms with Crippen LogP contribution in [0.3, 0.4) is 0 Å². The molecule has 1 atom stereocenters. The SMILES string of the molecule is CNCC(C)N(C)Cc1ccccc1Br. The van der Waals surface area contributed by atoms with E-state index in [-0.39, 0.29) is 0 Å². The van der Waals surface area contributed by atoms with Gasteiger partial charge in [-0.3, -0.25) is 4.90 Å². The summed E-state index contributed by atoms with van der Waals surface area (Å²) in [7, 11) is 4.14. The lowest BCUT2D eigenvalue weighted by atomic mass is 10.2. The number of likely N-dealkylation sites (N-methyl/N-ethyl adjacent to an activating group) is 2. The fraction of sp³-hybridized carbons (Fsp3) is 0.500. The van der Waals surface area contributed by atoms with Crippen LogP contribution in [0.4, 0.5) is 0 Å². The van der Waals surface area contributed by atoms with Crippen molar-refractivity contribution in [2.45, 2.75) is 19.5 Å². The van der Waals surface area contributed by atoms with Crippen molar-refractivity contribution in [3.63, 3.8) is 0 Å². The van der Waals surface area contributed by atoms with E-state index in [4.69, 9.17) is 0 Å². The highest BCUT2D eigenvalue weighted by Gasteiger charge is 2.09. The summed E-state index contributed by atoms with van der Waals surface area (Å²) >= 11 is 3.57. The van der Waals surface area contributed by atoms with E-state index in [2.05, 4.69) is 58.3 Å². The van der Waals surface area contributed by atoms with Crippen molar-refractivity contribution in [2.75, 3.05) is 20.6 Å². The summed E-state index contributed by atoms with van der Waals surface area (Å²) in [6, 6.07) is 8.92. The topological polar surface area (TPSA) is 15.3 Å². The van der Waals surface area contributed by atoms with Crippen molar-refractivity contribution in [1.29, 1.82) is 0 Å². The third kappa shape index (κ3) is 3.93. The van der Waals surface area contributed by atoms with E-state index in [1.165, 1.54) is 10.0 Å². The highest BCUT2D eigenvalue weighted by molar-refractivity contribution is 9.10. The number of halogens is 1. The lowest BCUT2D eigenvalue weighted by molar-refractivity contribution is 0.246. The van der Waals surface area contributed by atoms with E-state index in [9.17, 15) is 0 Å². The summed E-state index contributed by atoms with van der Waals surface area (Å²) in [6.45, 7) is 4.22. The predicted octanol–water partition coefficient (Wildman–Crippen LogP) is 2.49. The van der Waals surface area contributed by atoms with Gasteiger partial charge >= 0.3 is 0 Å². The molecular formula is C12H19BrN2. The van der Waals surface area contributed by atoms with Crippen LogP contribution in [0.25, 0.3) is 0 Å². The van der Waals surface area contributed by atoms with E-state index in [1.807, 2.05) is 13.1 Å². The number of hydrogen-bond acceptors (Lipinski definition) is 2. The van der Waals surface area contributed by atoms with E-state index in [0.29, 0.717) is 6.04 Å². The summed E-state index contributed by atoms with van der Waals surface area (Å²) in [6.07, 6.45) is 0. The van der Waals surface area contributed by atoms with Crippen LogP contribution >= 0.6 is 15.9 Å². The molecule has 0 aromatic heterocycles. The average molecular weight is 271 g/mol. The molecule has 1 N–H and O–H groups in total. The van der Waals surface area contributed by atoms with Gasteiger partial charge in [0.2, 0.25) is 0 Å². The summed E-state index contributed by atoms with van der Waals surface area (Å²) < 4.78 is 1.19. The summed E-state index contributed by atoms with van der Waals surface area (Å²) in [5.41, 5.74) is 1.34. The smallest absolute Gasteiger partial charge is 0.0245 e. The van der Waals surface area contributed by atoms with Crippen molar-refractivity contribution < 1.29 is 0 Å². The Labute approximate surface area is 101 Å². The third-order valence-electron chi connectivity index (χ3n) is 2.63. The first-order valence-electron chi connectivity index (χ1n) is 5.23. The molecule has 1 unspecified atom stereocenters. The molecule has 0 bridgehead atoms. The molecule has 1 aromatic carbocycles. The molecule has 0 amide bonds. The standard InChI is InChI=1S/C12H19BrN2/c1-10(8-14-2)15(3)9-11-6-4-5-7-12(11)13/h4-7,10,14H,8-9H2,1-3H3. The van der Waals surface area contributed by atoms with E-state index >= 15 is 0 Å². The third-order valence-corrected chi connectivity index (χ3v) is 3.40. The Morgan fingerprint density at radius 1 is 1.40 bits per heavy atom. The fourth-order valence-electron chi connectivity index (χ4n) is 1.50. The normalized spacial score (nSPS) is 13.1. The molecule has 0 spiro atoms. The molecule has 2 nitrogen and oxygen atoms in total. The second-order valence-electron chi connectivity index (χ2n) is 3.91. The van der Waals surface area contributed by atoms with E-state index in [1.54, 1.807) is 0 Å². The van der Waals surface area contributed by atoms with Gasteiger partial charge in [0.15, 0.2) is 0 Å². The van der Waals surface area contributed by atoms with E-state index < -0.39 is 0 Å². The fourth-order valence-corrected chi connectivity index (χ4v) is 1.91. The number of hydrogen-bond donors (Lipinski definition) is 1. The maximum atomic E-state index is 3.57. The number of nitrogens with zero attached hydrogens (tertiary/aromatic N) is 1. The number of rotatable bonds is 5. The molecule has 1 aromatic rings. The van der Waals surface area contributed by atoms with Gasteiger partial charge in [0.25, 0.3) is 0 Å². The van der Waals surface area contributed by atoms with Crippen molar-refractivity contribution in [2.24, 2.45) is 0 Å². The maximum absolute atomic E-state index is 3.57. The maximum Gasteiger partial charge on any atom is 0.0245 e. The van der Waals surface area contributed by atoms with Crippen LogP contribution in [0.5, 0.6) is 0 Å². The zero-order chi connectivity index (χ0) is 11.3. The first kappa shape index (κ1) is 12.7. The zero-order valence-corrected chi connectivity index (χ0v) is 11.2. The van der Waals surface area contributed by atoms with Gasteiger partial charge in [-0.15, -0.1) is 0 Å². The molecular weight excluding hydrogens is 252 g/mol. The van der Waals surface area contributed by atoms with Crippen molar-refractivity contribution >= 4 is 15.9 Å². The van der Waals surface area contributed by atoms with Gasteiger partial charge in [0.05, 0.1) is 0 Å². The highest BCUT2D eigenvalue weighted by Crippen LogP contribution is 2.17. The molecule has 0 saturated carbocycles. The van der Waals surface area contributed by atoms with Gasteiger partial charge in [-0.1, -0.05) is 34.1 Å². The molecule has 0 aliphatic carbocycles. The quantitative estimate of drug-likeness (QED) is 0.885. The minimum absolute atomic E-state index is 0.544. The van der Waals surface area contributed by atoms with Gasteiger partial charge in [-0.25, -0.2) is 0 Å². The Balaban J connectivity index is 2.58. The first-order chi connectivity index (χ1) is 7.15. The number of nitrogens with one attached hydrogen (secondary N) is 1. The van der Waals surface area contributed by atoms with Crippen LogP contribution < -0.4 is 5.32 Å². The van der Waals surface area contributed by atoms with Gasteiger partial charge in [0.1, 0.15) is 0 Å². The lowest BCUT2D eigenvalue weighted by Crippen LogP contribution is -2.36. The molecule has 0 saturated heterocycles. The Kier molecular flexibility index (Phi) is 5.29. The molecule has 1 rings (SSSR count). The first-order valence-corrected chi connectivity index (χ1v) is 6.02. The zero-order valence-electron chi connectivity index (χ0n) is 9.63. The Hall–Kier alpha value is -0.380. The molecule has 15 heavy (non-hydrogen) atoms. The summed E-state index contributed by atoms with van der Waals surface area (Å²) in [5, 5.41) is 3.20. The van der Waals surface area contributed by atoms with Crippen LogP contribution in [0, 0.1) is 0 Å². The van der Waals surface area contributed by atoms with Gasteiger partial charge < -0.3 is 5.32 Å². The van der Waals surface area contributed by atoms with Crippen LogP contribution in [0.2, 0.25) is 0 Å². The van der Waals surface area contributed by atoms with Crippen molar-refractivity contribution in [3.8, 4) is 0 Å². The molecule has 0 heterocycles. The lowest BCUT2D eigenvalue weighted by Gasteiger charge is -2.24. The van der Waals surface area contributed by atoms with Crippen LogP contribution in [-0.2, 0) is 6.54 Å². The van der Waals surface area contributed by atoms with Gasteiger partial charge in [-0.2, -0.15) is 0 Å². The van der Waals surface area contributed by atoms with Crippen LogP contribution in [0.15, 0.2) is 28.7 Å². The highest BCUT2D eigenvalue weighted by atomic mass is 79.9. The second kappa shape index (κ2) is 6.26. The Morgan fingerprint density at radius 2 is 2.07 bits per heavy atom. The minimum atomic E-state index is 0.544. The largest absolute Gasteiger partial charge is 0.318 e. The summed E-state index contributed by atoms with van der Waals surface area (Å²) in [4.78, 5) is 2.34. The van der Waals surface area contributed by atoms with Crippen LogP contribution in [0.1, 0.15) is 12.5 Å². The van der Waals surface area contributed by atoms with E-state index in [0.717, 1.165) is 13.1 Å². The number of benzene rings is 1. The summed E-state index contributed by atoms with van der Waals surface area (Å²) in [5.74, 6) is 0. The molecule has 84 valence electrons. The average Bonchev–Trinajstić information content (AvgIpc) is 2.21. The van der Waals surface area contributed by atoms with Crippen molar-refractivity contribution in [3.05, 3.63) is 34.3 Å². The molecule has 0 fully saturated rings.